The Kier molecular flexibility index (Phi) is 5.63. The van der Waals surface area contributed by atoms with Gasteiger partial charge in [-0.25, -0.2) is 4.79 Å². The number of rotatable bonds is 5. The molecule has 124 valence electrons. The summed E-state index contributed by atoms with van der Waals surface area (Å²) in [6.07, 6.45) is 0. The Balaban J connectivity index is 2.00. The smallest absolute Gasteiger partial charge is 0.320 e. The second-order valence-corrected chi connectivity index (χ2v) is 6.04. The molecule has 1 atom stereocenters. The Labute approximate surface area is 141 Å². The number of nitrogens with zero attached hydrogens (tertiary/aromatic N) is 3. The van der Waals surface area contributed by atoms with Crippen molar-refractivity contribution < 1.29 is 4.79 Å². The van der Waals surface area contributed by atoms with Gasteiger partial charge in [0.2, 0.25) is 0 Å². The maximum Gasteiger partial charge on any atom is 0.320 e. The monoisotopic (exact) mass is 335 g/mol. The fourth-order valence-corrected chi connectivity index (χ4v) is 2.66. The number of urea groups is 1. The number of halogens is 1. The molecule has 1 heterocycles. The van der Waals surface area contributed by atoms with Crippen LogP contribution in [0.2, 0.25) is 5.02 Å². The summed E-state index contributed by atoms with van der Waals surface area (Å²) in [5.74, 6) is 0.652. The molecule has 6 nitrogen and oxygen atoms in total. The first-order chi connectivity index (χ1) is 10.9. The van der Waals surface area contributed by atoms with Crippen molar-refractivity contribution in [2.45, 2.75) is 13.0 Å². The molecular weight excluding hydrogens is 314 g/mol. The van der Waals surface area contributed by atoms with Crippen LogP contribution in [0.3, 0.4) is 0 Å². The fraction of sp³-hybridized carbons (Fsp3) is 0.375. The van der Waals surface area contributed by atoms with E-state index < -0.39 is 0 Å². The van der Waals surface area contributed by atoms with Gasteiger partial charge in [-0.05, 0) is 32.6 Å². The Morgan fingerprint density at radius 1 is 1.39 bits per heavy atom. The quantitative estimate of drug-likeness (QED) is 0.883. The molecule has 0 bridgehead atoms. The second-order valence-electron chi connectivity index (χ2n) is 5.63. The molecule has 2 aromatic rings. The van der Waals surface area contributed by atoms with E-state index in [0.717, 1.165) is 11.3 Å². The predicted molar refractivity (Wildman–Crippen MR) is 92.8 cm³/mol. The fourth-order valence-electron chi connectivity index (χ4n) is 2.39. The summed E-state index contributed by atoms with van der Waals surface area (Å²) < 4.78 is 1.63. The average molecular weight is 336 g/mol. The van der Waals surface area contributed by atoms with Crippen LogP contribution in [0.25, 0.3) is 0 Å². The lowest BCUT2D eigenvalue weighted by Crippen LogP contribution is -2.37. The first kappa shape index (κ1) is 17.3. The Morgan fingerprint density at radius 3 is 2.65 bits per heavy atom. The molecule has 0 aliphatic carbocycles. The van der Waals surface area contributed by atoms with Crippen molar-refractivity contribution in [3.63, 3.8) is 0 Å². The van der Waals surface area contributed by atoms with Crippen LogP contribution in [0, 0.1) is 6.92 Å². The van der Waals surface area contributed by atoms with Crippen LogP contribution in [0.5, 0.6) is 0 Å². The molecule has 23 heavy (non-hydrogen) atoms. The minimum Gasteiger partial charge on any atom is -0.336 e. The number of hydrogen-bond donors (Lipinski definition) is 2. The van der Waals surface area contributed by atoms with Gasteiger partial charge in [0.1, 0.15) is 5.82 Å². The van der Waals surface area contributed by atoms with Gasteiger partial charge in [-0.15, -0.1) is 0 Å². The van der Waals surface area contributed by atoms with Crippen molar-refractivity contribution in [3.8, 4) is 0 Å². The number of likely N-dealkylation sites (N-methyl/N-ethyl adjacent to an activating group) is 1. The van der Waals surface area contributed by atoms with Gasteiger partial charge in [-0.1, -0.05) is 29.8 Å². The third-order valence-corrected chi connectivity index (χ3v) is 3.93. The molecule has 0 aliphatic rings. The molecule has 0 saturated heterocycles. The minimum atomic E-state index is -0.271. The van der Waals surface area contributed by atoms with Crippen LogP contribution in [-0.2, 0) is 7.05 Å². The highest BCUT2D eigenvalue weighted by Crippen LogP contribution is 2.25. The van der Waals surface area contributed by atoms with E-state index in [9.17, 15) is 4.79 Å². The van der Waals surface area contributed by atoms with Crippen molar-refractivity contribution >= 4 is 23.4 Å². The Bertz CT molecular complexity index is 683. The van der Waals surface area contributed by atoms with Gasteiger partial charge in [0.25, 0.3) is 0 Å². The number of aryl methyl sites for hydroxylation is 2. The number of carbonyl (C=O) groups excluding carboxylic acids is 1. The van der Waals surface area contributed by atoms with Crippen LogP contribution < -0.4 is 10.6 Å². The molecule has 1 aromatic heterocycles. The molecule has 2 N–H and O–H groups in total. The van der Waals surface area contributed by atoms with Crippen molar-refractivity contribution in [1.82, 2.24) is 20.0 Å². The van der Waals surface area contributed by atoms with Crippen LogP contribution >= 0.6 is 11.6 Å². The lowest BCUT2D eigenvalue weighted by molar-refractivity contribution is 0.243. The normalized spacial score (nSPS) is 12.3. The second kappa shape index (κ2) is 7.48. The van der Waals surface area contributed by atoms with E-state index in [2.05, 4.69) is 15.7 Å². The summed E-state index contributed by atoms with van der Waals surface area (Å²) in [5, 5.41) is 10.6. The topological polar surface area (TPSA) is 62.2 Å². The summed E-state index contributed by atoms with van der Waals surface area (Å²) >= 11 is 6.27. The minimum absolute atomic E-state index is 0.0114. The van der Waals surface area contributed by atoms with E-state index in [1.54, 1.807) is 11.7 Å². The third kappa shape index (κ3) is 4.46. The molecule has 0 aliphatic heterocycles. The van der Waals surface area contributed by atoms with Gasteiger partial charge >= 0.3 is 6.03 Å². The summed E-state index contributed by atoms with van der Waals surface area (Å²) in [6.45, 7) is 2.32. The molecule has 1 aromatic carbocycles. The SMILES string of the molecule is Cc1cc(NC(=O)NC[C@H](c2ccccc2Cl)N(C)C)n(C)n1. The highest BCUT2D eigenvalue weighted by Gasteiger charge is 2.18. The lowest BCUT2D eigenvalue weighted by atomic mass is 10.1. The average Bonchev–Trinajstić information content (AvgIpc) is 2.78. The highest BCUT2D eigenvalue weighted by atomic mass is 35.5. The number of aromatic nitrogens is 2. The van der Waals surface area contributed by atoms with E-state index >= 15 is 0 Å². The molecule has 2 rings (SSSR count). The zero-order valence-corrected chi connectivity index (χ0v) is 14.6. The zero-order chi connectivity index (χ0) is 17.0. The third-order valence-electron chi connectivity index (χ3n) is 3.59. The maximum absolute atomic E-state index is 12.1. The highest BCUT2D eigenvalue weighted by molar-refractivity contribution is 6.31. The van der Waals surface area contributed by atoms with Gasteiger partial charge in [-0.2, -0.15) is 5.10 Å². The molecule has 2 amide bonds. The molecule has 0 radical (unpaired) electrons. The van der Waals surface area contributed by atoms with Gasteiger partial charge in [-0.3, -0.25) is 10.00 Å². The molecule has 7 heteroatoms. The zero-order valence-electron chi connectivity index (χ0n) is 13.8. The Morgan fingerprint density at radius 2 is 2.09 bits per heavy atom. The van der Waals surface area contributed by atoms with Gasteiger partial charge < -0.3 is 10.2 Å². The molecule has 0 fully saturated rings. The van der Waals surface area contributed by atoms with Crippen molar-refractivity contribution in [2.24, 2.45) is 7.05 Å². The van der Waals surface area contributed by atoms with Crippen molar-refractivity contribution in [2.75, 3.05) is 26.0 Å². The number of hydrogen-bond acceptors (Lipinski definition) is 3. The molecule has 0 saturated carbocycles. The number of carbonyl (C=O) groups is 1. The number of benzene rings is 1. The van der Waals surface area contributed by atoms with Crippen LogP contribution in [0.4, 0.5) is 10.6 Å². The summed E-state index contributed by atoms with van der Waals surface area (Å²) in [6, 6.07) is 9.19. The van der Waals surface area contributed by atoms with E-state index in [0.29, 0.717) is 17.4 Å². The van der Waals surface area contributed by atoms with Crippen molar-refractivity contribution in [1.29, 1.82) is 0 Å². The summed E-state index contributed by atoms with van der Waals surface area (Å²) in [7, 11) is 5.70. The van der Waals surface area contributed by atoms with Crippen LogP contribution in [0.1, 0.15) is 17.3 Å². The first-order valence-corrected chi connectivity index (χ1v) is 7.72. The summed E-state index contributed by atoms with van der Waals surface area (Å²) in [5.41, 5.74) is 1.83. The summed E-state index contributed by atoms with van der Waals surface area (Å²) in [4.78, 5) is 14.1. The number of amides is 2. The van der Waals surface area contributed by atoms with Gasteiger partial charge in [0.15, 0.2) is 0 Å². The molecule has 0 unspecified atom stereocenters. The predicted octanol–water partition coefficient (Wildman–Crippen LogP) is 2.81. The maximum atomic E-state index is 12.1. The van der Waals surface area contributed by atoms with E-state index in [1.807, 2.05) is 56.3 Å². The lowest BCUT2D eigenvalue weighted by Gasteiger charge is -2.26. The van der Waals surface area contributed by atoms with Gasteiger partial charge in [0.05, 0.1) is 11.7 Å². The van der Waals surface area contributed by atoms with Gasteiger partial charge in [0, 0.05) is 24.7 Å². The number of anilines is 1. The van der Waals surface area contributed by atoms with E-state index in [-0.39, 0.29) is 12.1 Å². The van der Waals surface area contributed by atoms with Crippen molar-refractivity contribution in [3.05, 3.63) is 46.6 Å². The van der Waals surface area contributed by atoms with E-state index in [4.69, 9.17) is 11.6 Å². The number of nitrogens with one attached hydrogen (secondary N) is 2. The van der Waals surface area contributed by atoms with Crippen LogP contribution in [-0.4, -0.2) is 41.4 Å². The molecule has 0 spiro atoms. The van der Waals surface area contributed by atoms with E-state index in [1.165, 1.54) is 0 Å². The molecular formula is C16H22ClN5O. The first-order valence-electron chi connectivity index (χ1n) is 7.35. The largest absolute Gasteiger partial charge is 0.336 e. The Hall–Kier alpha value is -2.05. The van der Waals surface area contributed by atoms with Crippen LogP contribution in [0.15, 0.2) is 30.3 Å². The standard InChI is InChI=1S/C16H22ClN5O/c1-11-9-15(22(4)20-11)19-16(23)18-10-14(21(2)3)12-7-5-6-8-13(12)17/h5-9,14H,10H2,1-4H3,(H2,18,19,23)/t14-/m1/s1.